The molecule has 0 fully saturated rings. The number of hydrogen-bond acceptors (Lipinski definition) is 5. The third kappa shape index (κ3) is 3.05. The van der Waals surface area contributed by atoms with Crippen LogP contribution in [0.4, 0.5) is 5.69 Å². The highest BCUT2D eigenvalue weighted by atomic mass is 16.1. The molecule has 0 aromatic carbocycles. The molecule has 4 rings (SSSR count). The van der Waals surface area contributed by atoms with Crippen LogP contribution in [0, 0.1) is 20.8 Å². The lowest BCUT2D eigenvalue weighted by Gasteiger charge is -2.07. The molecule has 0 aliphatic heterocycles. The van der Waals surface area contributed by atoms with Crippen LogP contribution < -0.4 is 5.32 Å². The van der Waals surface area contributed by atoms with Crippen molar-refractivity contribution in [3.63, 3.8) is 0 Å². The summed E-state index contributed by atoms with van der Waals surface area (Å²) in [4.78, 5) is 21.3. The fourth-order valence-electron chi connectivity index (χ4n) is 3.08. The van der Waals surface area contributed by atoms with Gasteiger partial charge in [0.1, 0.15) is 0 Å². The normalized spacial score (nSPS) is 11.1. The monoisotopic (exact) mass is 361 g/mol. The molecule has 0 spiro atoms. The van der Waals surface area contributed by atoms with E-state index in [1.807, 2.05) is 40.0 Å². The average Bonchev–Trinajstić information content (AvgIpc) is 3.13. The molecule has 136 valence electrons. The third-order valence-corrected chi connectivity index (χ3v) is 4.36. The lowest BCUT2D eigenvalue weighted by atomic mass is 10.2. The van der Waals surface area contributed by atoms with Gasteiger partial charge in [-0.2, -0.15) is 10.2 Å². The summed E-state index contributed by atoms with van der Waals surface area (Å²) >= 11 is 0. The Morgan fingerprint density at radius 3 is 2.52 bits per heavy atom. The van der Waals surface area contributed by atoms with Crippen molar-refractivity contribution in [2.75, 3.05) is 5.32 Å². The molecule has 4 heterocycles. The average molecular weight is 361 g/mol. The Morgan fingerprint density at radius 2 is 1.85 bits per heavy atom. The quantitative estimate of drug-likeness (QED) is 0.606. The SMILES string of the molecule is Cc1cc(C)n(-c2ccc(NC(=O)c3cnc4c(c3)c(C)nn4C)cn2)n1. The number of fused-ring (bicyclic) bond motifs is 1. The number of hydrogen-bond donors (Lipinski definition) is 1. The molecular formula is C19H19N7O. The standard InChI is InChI=1S/C19H19N7O/c1-11-7-12(2)26(23-11)17-6-5-15(10-20-17)22-19(27)14-8-16-13(3)24-25(4)18(16)21-9-14/h5-10H,1-4H3,(H,22,27). The van der Waals surface area contributed by atoms with E-state index in [-0.39, 0.29) is 5.91 Å². The molecule has 0 atom stereocenters. The molecule has 8 nitrogen and oxygen atoms in total. The van der Waals surface area contributed by atoms with Crippen LogP contribution in [0.25, 0.3) is 16.9 Å². The predicted molar refractivity (Wildman–Crippen MR) is 102 cm³/mol. The van der Waals surface area contributed by atoms with Crippen molar-refractivity contribution < 1.29 is 4.79 Å². The Hall–Kier alpha value is -3.55. The number of amides is 1. The topological polar surface area (TPSA) is 90.5 Å². The zero-order valence-corrected chi connectivity index (χ0v) is 15.6. The van der Waals surface area contributed by atoms with Crippen molar-refractivity contribution in [3.8, 4) is 5.82 Å². The van der Waals surface area contributed by atoms with Crippen LogP contribution in [-0.2, 0) is 7.05 Å². The highest BCUT2D eigenvalue weighted by Gasteiger charge is 2.12. The molecule has 4 aromatic heterocycles. The van der Waals surface area contributed by atoms with E-state index in [4.69, 9.17) is 0 Å². The van der Waals surface area contributed by atoms with Crippen LogP contribution in [0.15, 0.2) is 36.7 Å². The highest BCUT2D eigenvalue weighted by Crippen LogP contribution is 2.18. The second-order valence-corrected chi connectivity index (χ2v) is 6.50. The Labute approximate surface area is 155 Å². The smallest absolute Gasteiger partial charge is 0.257 e. The molecule has 0 unspecified atom stereocenters. The zero-order chi connectivity index (χ0) is 19.1. The molecular weight excluding hydrogens is 342 g/mol. The molecule has 0 saturated carbocycles. The first kappa shape index (κ1) is 16.9. The summed E-state index contributed by atoms with van der Waals surface area (Å²) in [5.41, 5.74) is 4.60. The second kappa shape index (κ2) is 6.31. The molecule has 8 heteroatoms. The van der Waals surface area contributed by atoms with Crippen molar-refractivity contribution in [1.29, 1.82) is 0 Å². The van der Waals surface area contributed by atoms with E-state index in [0.717, 1.165) is 28.1 Å². The summed E-state index contributed by atoms with van der Waals surface area (Å²) in [6.07, 6.45) is 3.17. The number of carbonyl (C=O) groups excluding carboxylic acids is 1. The zero-order valence-electron chi connectivity index (χ0n) is 15.6. The fourth-order valence-corrected chi connectivity index (χ4v) is 3.08. The van der Waals surface area contributed by atoms with Crippen molar-refractivity contribution >= 4 is 22.6 Å². The van der Waals surface area contributed by atoms with E-state index in [1.54, 1.807) is 33.9 Å². The van der Waals surface area contributed by atoms with E-state index < -0.39 is 0 Å². The van der Waals surface area contributed by atoms with Gasteiger partial charge in [0.25, 0.3) is 5.91 Å². The molecule has 0 saturated heterocycles. The Bertz CT molecular complexity index is 1150. The lowest BCUT2D eigenvalue weighted by molar-refractivity contribution is 0.102. The predicted octanol–water partition coefficient (Wildman–Crippen LogP) is 2.73. The van der Waals surface area contributed by atoms with Crippen LogP contribution in [0.3, 0.4) is 0 Å². The summed E-state index contributed by atoms with van der Waals surface area (Å²) in [6.45, 7) is 5.81. The van der Waals surface area contributed by atoms with Crippen LogP contribution in [-0.4, -0.2) is 35.4 Å². The van der Waals surface area contributed by atoms with Gasteiger partial charge < -0.3 is 5.32 Å². The largest absolute Gasteiger partial charge is 0.321 e. The summed E-state index contributed by atoms with van der Waals surface area (Å²) in [5.74, 6) is 0.459. The Balaban J connectivity index is 1.56. The number of anilines is 1. The van der Waals surface area contributed by atoms with Crippen molar-refractivity contribution in [2.24, 2.45) is 7.05 Å². The number of nitrogens with one attached hydrogen (secondary N) is 1. The summed E-state index contributed by atoms with van der Waals surface area (Å²) in [7, 11) is 1.83. The van der Waals surface area contributed by atoms with Crippen LogP contribution >= 0.6 is 0 Å². The minimum absolute atomic E-state index is 0.242. The van der Waals surface area contributed by atoms with Gasteiger partial charge in [-0.05, 0) is 45.0 Å². The molecule has 4 aromatic rings. The van der Waals surface area contributed by atoms with Gasteiger partial charge in [0.2, 0.25) is 0 Å². The minimum Gasteiger partial charge on any atom is -0.321 e. The minimum atomic E-state index is -0.242. The first-order chi connectivity index (χ1) is 12.9. The van der Waals surface area contributed by atoms with Gasteiger partial charge in [0, 0.05) is 24.3 Å². The fraction of sp³-hybridized carbons (Fsp3) is 0.211. The summed E-state index contributed by atoms with van der Waals surface area (Å²) < 4.78 is 3.47. The molecule has 0 bridgehead atoms. The van der Waals surface area contributed by atoms with E-state index in [2.05, 4.69) is 25.5 Å². The second-order valence-electron chi connectivity index (χ2n) is 6.50. The maximum Gasteiger partial charge on any atom is 0.257 e. The summed E-state index contributed by atoms with van der Waals surface area (Å²) in [5, 5.41) is 12.4. The van der Waals surface area contributed by atoms with Crippen LogP contribution in [0.1, 0.15) is 27.4 Å². The van der Waals surface area contributed by atoms with Crippen molar-refractivity contribution in [2.45, 2.75) is 20.8 Å². The Kier molecular flexibility index (Phi) is 3.95. The number of aromatic nitrogens is 6. The number of aryl methyl sites for hydroxylation is 4. The van der Waals surface area contributed by atoms with Crippen LogP contribution in [0.2, 0.25) is 0 Å². The van der Waals surface area contributed by atoms with Gasteiger partial charge in [0.15, 0.2) is 11.5 Å². The Morgan fingerprint density at radius 1 is 1.04 bits per heavy atom. The van der Waals surface area contributed by atoms with Gasteiger partial charge in [0.05, 0.1) is 28.8 Å². The van der Waals surface area contributed by atoms with Gasteiger partial charge in [-0.15, -0.1) is 0 Å². The van der Waals surface area contributed by atoms with E-state index >= 15 is 0 Å². The molecule has 1 amide bonds. The van der Waals surface area contributed by atoms with E-state index in [9.17, 15) is 4.79 Å². The van der Waals surface area contributed by atoms with Gasteiger partial charge in [-0.25, -0.2) is 14.6 Å². The molecule has 0 aliphatic carbocycles. The van der Waals surface area contributed by atoms with Gasteiger partial charge in [-0.1, -0.05) is 0 Å². The number of pyridine rings is 2. The van der Waals surface area contributed by atoms with Gasteiger partial charge >= 0.3 is 0 Å². The molecule has 0 radical (unpaired) electrons. The molecule has 0 aliphatic rings. The number of nitrogens with zero attached hydrogens (tertiary/aromatic N) is 6. The van der Waals surface area contributed by atoms with E-state index in [1.165, 1.54) is 0 Å². The maximum atomic E-state index is 12.6. The van der Waals surface area contributed by atoms with Crippen molar-refractivity contribution in [1.82, 2.24) is 29.5 Å². The number of rotatable bonds is 3. The lowest BCUT2D eigenvalue weighted by Crippen LogP contribution is -2.13. The third-order valence-electron chi connectivity index (χ3n) is 4.36. The van der Waals surface area contributed by atoms with E-state index in [0.29, 0.717) is 17.1 Å². The number of carbonyl (C=O) groups is 1. The summed E-state index contributed by atoms with van der Waals surface area (Å²) in [6, 6.07) is 7.42. The highest BCUT2D eigenvalue weighted by molar-refractivity contribution is 6.05. The van der Waals surface area contributed by atoms with Gasteiger partial charge in [-0.3, -0.25) is 9.48 Å². The molecule has 27 heavy (non-hydrogen) atoms. The van der Waals surface area contributed by atoms with Crippen LogP contribution in [0.5, 0.6) is 0 Å². The first-order valence-corrected chi connectivity index (χ1v) is 8.53. The van der Waals surface area contributed by atoms with Crippen molar-refractivity contribution in [3.05, 3.63) is 59.3 Å². The molecule has 1 N–H and O–H groups in total. The first-order valence-electron chi connectivity index (χ1n) is 8.53. The maximum absolute atomic E-state index is 12.6.